The van der Waals surface area contributed by atoms with Gasteiger partial charge in [-0.05, 0) is 12.1 Å². The molecule has 0 aliphatic carbocycles. The molecule has 0 radical (unpaired) electrons. The van der Waals surface area contributed by atoms with Crippen LogP contribution in [0.3, 0.4) is 0 Å². The Balaban J connectivity index is 2.33. The molecule has 1 rings (SSSR count). The van der Waals surface area contributed by atoms with Crippen LogP contribution in [0.15, 0.2) is 35.1 Å². The summed E-state index contributed by atoms with van der Waals surface area (Å²) in [6, 6.07) is 9.00. The monoisotopic (exact) mass is 169 g/mol. The molecule has 11 heavy (non-hydrogen) atoms. The van der Waals surface area contributed by atoms with E-state index in [1.165, 1.54) is 10.0 Å². The molecule has 0 saturated heterocycles. The van der Waals surface area contributed by atoms with Gasteiger partial charge in [-0.2, -0.15) is 4.99 Å². The second-order valence-electron chi connectivity index (χ2n) is 1.67. The molecule has 4 nitrogen and oxygen atoms in total. The highest BCUT2D eigenvalue weighted by Gasteiger charge is 1.90. The number of hydrogen-bond acceptors (Lipinski definition) is 4. The molecule has 0 aliphatic heterocycles. The van der Waals surface area contributed by atoms with Crippen LogP contribution in [0, 0.1) is 0 Å². The molecule has 0 aromatic heterocycles. The van der Waals surface area contributed by atoms with E-state index < -0.39 is 0 Å². The third kappa shape index (κ3) is 2.92. The predicted molar refractivity (Wildman–Crippen MR) is 40.2 cm³/mol. The van der Waals surface area contributed by atoms with Gasteiger partial charge in [-0.15, -0.1) is 4.80 Å². The highest BCUT2D eigenvalue weighted by Crippen LogP contribution is 2.08. The van der Waals surface area contributed by atoms with E-state index in [-0.39, 0.29) is 0 Å². The van der Waals surface area contributed by atoms with Crippen LogP contribution in [0.4, 0.5) is 0 Å². The fourth-order valence-electron chi connectivity index (χ4n) is 0.552. The summed E-state index contributed by atoms with van der Waals surface area (Å²) in [6.45, 7) is 0. The molecule has 0 N–H and O–H groups in total. The Bertz CT molecular complexity index is 216. The first-order chi connectivity index (χ1) is 5.43. The van der Waals surface area contributed by atoms with E-state index in [1.807, 2.05) is 18.2 Å². The van der Waals surface area contributed by atoms with Crippen LogP contribution in [0.25, 0.3) is 0 Å². The van der Waals surface area contributed by atoms with Crippen molar-refractivity contribution in [3.8, 4) is 5.75 Å². The summed E-state index contributed by atoms with van der Waals surface area (Å²) < 4.78 is 0. The Labute approximate surface area is 66.7 Å². The Morgan fingerprint density at radius 3 is 2.55 bits per heavy atom. The predicted octanol–water partition coefficient (Wildman–Crippen LogP) is 0.660. The SMILES string of the molecule is [SiH2]=NOOOc1ccccc1. The first kappa shape index (κ1) is 7.90. The normalized spacial score (nSPS) is 8.73. The molecule has 0 aliphatic rings. The van der Waals surface area contributed by atoms with E-state index in [1.54, 1.807) is 12.1 Å². The average Bonchev–Trinajstić information content (AvgIpc) is 2.07. The summed E-state index contributed by atoms with van der Waals surface area (Å²) in [6.07, 6.45) is 0. The molecule has 0 spiro atoms. The Kier molecular flexibility index (Phi) is 3.29. The topological polar surface area (TPSA) is 40.0 Å². The van der Waals surface area contributed by atoms with Gasteiger partial charge in [-0.1, -0.05) is 18.2 Å². The highest BCUT2D eigenvalue weighted by molar-refractivity contribution is 5.91. The molecule has 0 unspecified atom stereocenters. The summed E-state index contributed by atoms with van der Waals surface area (Å²) in [5.74, 6) is 0.569. The number of benzene rings is 1. The van der Waals surface area contributed by atoms with Crippen LogP contribution in [0.2, 0.25) is 0 Å². The van der Waals surface area contributed by atoms with Crippen molar-refractivity contribution in [3.05, 3.63) is 30.3 Å². The maximum absolute atomic E-state index is 4.63. The Morgan fingerprint density at radius 2 is 1.91 bits per heavy atom. The van der Waals surface area contributed by atoms with Gasteiger partial charge in [-0.3, -0.25) is 4.89 Å². The van der Waals surface area contributed by atoms with E-state index in [2.05, 4.69) is 19.7 Å². The number of nitrogens with zero attached hydrogens (tertiary/aromatic N) is 1. The lowest BCUT2D eigenvalue weighted by Gasteiger charge is -1.97. The zero-order valence-electron chi connectivity index (χ0n) is 5.77. The zero-order chi connectivity index (χ0) is 7.94. The molecule has 0 bridgehead atoms. The zero-order valence-corrected chi connectivity index (χ0v) is 7.18. The van der Waals surface area contributed by atoms with Crippen LogP contribution >= 0.6 is 0 Å². The lowest BCUT2D eigenvalue weighted by molar-refractivity contribution is -0.466. The molecule has 5 heteroatoms. The molecular weight excluding hydrogens is 162 g/mol. The Hall–Kier alpha value is -1.20. The van der Waals surface area contributed by atoms with Crippen LogP contribution in [-0.4, -0.2) is 10.0 Å². The van der Waals surface area contributed by atoms with Crippen LogP contribution < -0.4 is 4.89 Å². The summed E-state index contributed by atoms with van der Waals surface area (Å²) in [5.41, 5.74) is 0. The van der Waals surface area contributed by atoms with Gasteiger partial charge >= 0.3 is 0 Å². The lowest BCUT2D eigenvalue weighted by atomic mass is 10.3. The van der Waals surface area contributed by atoms with Gasteiger partial charge in [0.25, 0.3) is 0 Å². The Morgan fingerprint density at radius 1 is 1.18 bits per heavy atom. The molecule has 58 valence electrons. The van der Waals surface area contributed by atoms with Crippen molar-refractivity contribution in [2.24, 2.45) is 4.80 Å². The van der Waals surface area contributed by atoms with E-state index >= 15 is 0 Å². The first-order valence-electron chi connectivity index (χ1n) is 2.95. The van der Waals surface area contributed by atoms with E-state index in [0.29, 0.717) is 5.75 Å². The van der Waals surface area contributed by atoms with Crippen LogP contribution in [-0.2, 0) is 10.0 Å². The fourth-order valence-corrected chi connectivity index (χ4v) is 0.595. The standard InChI is InChI=1S/C6H7NO3Si/c11-7-9-10-8-6-4-2-1-3-5-6/h1-5H,11H2. The molecule has 0 fully saturated rings. The van der Waals surface area contributed by atoms with Gasteiger partial charge in [0.1, 0.15) is 0 Å². The van der Waals surface area contributed by atoms with Crippen molar-refractivity contribution in [3.63, 3.8) is 0 Å². The van der Waals surface area contributed by atoms with E-state index in [0.717, 1.165) is 0 Å². The summed E-state index contributed by atoms with van der Waals surface area (Å²) in [7, 11) is 1.26. The summed E-state index contributed by atoms with van der Waals surface area (Å²) in [4.78, 5) is 12.0. The van der Waals surface area contributed by atoms with Gasteiger partial charge in [0.2, 0.25) is 0 Å². The highest BCUT2D eigenvalue weighted by atomic mass is 28.1. The van der Waals surface area contributed by atoms with Crippen molar-refractivity contribution >= 4 is 10.0 Å². The smallest absolute Gasteiger partial charge is 0.169 e. The lowest BCUT2D eigenvalue weighted by Crippen LogP contribution is -1.93. The van der Waals surface area contributed by atoms with Crippen molar-refractivity contribution in [2.45, 2.75) is 0 Å². The maximum atomic E-state index is 4.63. The molecule has 0 atom stereocenters. The fraction of sp³-hybridized carbons (Fsp3) is 0. The average molecular weight is 169 g/mol. The minimum absolute atomic E-state index is 0.569. The molecule has 0 heterocycles. The molecule has 1 aromatic carbocycles. The largest absolute Gasteiger partial charge is 0.298 e. The van der Waals surface area contributed by atoms with Gasteiger partial charge in [-0.25, -0.2) is 0 Å². The summed E-state index contributed by atoms with van der Waals surface area (Å²) in [5, 5.41) is 4.21. The molecule has 1 aromatic rings. The van der Waals surface area contributed by atoms with Gasteiger partial charge < -0.3 is 0 Å². The van der Waals surface area contributed by atoms with Crippen LogP contribution in [0.1, 0.15) is 0 Å². The molecule has 0 saturated carbocycles. The van der Waals surface area contributed by atoms with E-state index in [4.69, 9.17) is 0 Å². The summed E-state index contributed by atoms with van der Waals surface area (Å²) >= 11 is 0. The van der Waals surface area contributed by atoms with Gasteiger partial charge in [0.05, 0.1) is 5.04 Å². The van der Waals surface area contributed by atoms with Crippen molar-refractivity contribution in [1.82, 2.24) is 0 Å². The third-order valence-corrected chi connectivity index (χ3v) is 1.06. The van der Waals surface area contributed by atoms with Crippen molar-refractivity contribution < 1.29 is 14.9 Å². The van der Waals surface area contributed by atoms with Crippen molar-refractivity contribution in [2.75, 3.05) is 0 Å². The maximum Gasteiger partial charge on any atom is 0.169 e. The minimum Gasteiger partial charge on any atom is -0.298 e. The van der Waals surface area contributed by atoms with Gasteiger partial charge in [0, 0.05) is 0 Å². The van der Waals surface area contributed by atoms with Crippen LogP contribution in [0.5, 0.6) is 5.75 Å². The second kappa shape index (κ2) is 4.59. The van der Waals surface area contributed by atoms with Crippen molar-refractivity contribution in [1.29, 1.82) is 0 Å². The van der Waals surface area contributed by atoms with E-state index in [9.17, 15) is 0 Å². The number of para-hydroxylation sites is 1. The molecule has 0 amide bonds. The number of hydrogen-bond donors (Lipinski definition) is 0. The number of rotatable bonds is 4. The minimum atomic E-state index is 0.569. The molecular formula is C6H7NO3Si. The first-order valence-corrected chi connectivity index (χ1v) is 3.58. The second-order valence-corrected chi connectivity index (χ2v) is 1.93. The van der Waals surface area contributed by atoms with Gasteiger partial charge in [0.15, 0.2) is 15.8 Å². The quantitative estimate of drug-likeness (QED) is 0.288. The third-order valence-electron chi connectivity index (χ3n) is 0.957.